The molecule has 2 fully saturated rings. The summed E-state index contributed by atoms with van der Waals surface area (Å²) in [7, 11) is 0. The van der Waals surface area contributed by atoms with Crippen molar-refractivity contribution in [3.05, 3.63) is 23.5 Å². The zero-order valence-corrected chi connectivity index (χ0v) is 15.8. The Morgan fingerprint density at radius 1 is 1.15 bits per heavy atom. The lowest BCUT2D eigenvalue weighted by Crippen LogP contribution is -2.43. The summed E-state index contributed by atoms with van der Waals surface area (Å²) in [6.45, 7) is 3.06. The van der Waals surface area contributed by atoms with Crippen molar-refractivity contribution in [1.29, 1.82) is 0 Å². The Morgan fingerprint density at radius 2 is 1.81 bits per heavy atom. The second kappa shape index (κ2) is 8.78. The van der Waals surface area contributed by atoms with Gasteiger partial charge in [0.05, 0.1) is 0 Å². The van der Waals surface area contributed by atoms with Gasteiger partial charge in [-0.05, 0) is 50.5 Å². The van der Waals surface area contributed by atoms with Crippen LogP contribution >= 0.6 is 0 Å². The van der Waals surface area contributed by atoms with E-state index < -0.39 is 17.7 Å². The maximum Gasteiger partial charge on any atom is 0.426 e. The van der Waals surface area contributed by atoms with Gasteiger partial charge in [-0.25, -0.2) is 9.18 Å². The van der Waals surface area contributed by atoms with E-state index in [1.165, 1.54) is 25.3 Å². The minimum absolute atomic E-state index is 0.0378. The molecule has 0 spiro atoms. The standard InChI is InChI=1S/C20H29FN2O4/c1-13(14-5-3-2-4-6-14)22-20(26)27-23-9-7-15(8-10-23)16-11-17(21)19(25)12-18(16)24/h11-15,24-25H,2-10H2,1H3,(H,22,26)/t13-/m0/s1. The molecule has 27 heavy (non-hydrogen) atoms. The number of aromatic hydroxyl groups is 2. The molecule has 0 bridgehead atoms. The van der Waals surface area contributed by atoms with Crippen molar-refractivity contribution in [1.82, 2.24) is 10.4 Å². The molecule has 1 aliphatic heterocycles. The van der Waals surface area contributed by atoms with Crippen LogP contribution < -0.4 is 5.32 Å². The van der Waals surface area contributed by atoms with Crippen LogP contribution in [0.5, 0.6) is 11.5 Å². The number of hydroxylamine groups is 2. The average molecular weight is 380 g/mol. The molecule has 0 unspecified atom stereocenters. The minimum atomic E-state index is -0.738. The van der Waals surface area contributed by atoms with Gasteiger partial charge in [-0.1, -0.05) is 19.3 Å². The molecule has 1 saturated heterocycles. The van der Waals surface area contributed by atoms with Crippen LogP contribution in [0.4, 0.5) is 9.18 Å². The maximum atomic E-state index is 13.6. The molecule has 3 rings (SSSR count). The van der Waals surface area contributed by atoms with Gasteiger partial charge >= 0.3 is 6.09 Å². The molecule has 1 aromatic rings. The lowest BCUT2D eigenvalue weighted by Gasteiger charge is -2.32. The fraction of sp³-hybridized carbons (Fsp3) is 0.650. The predicted octanol–water partition coefficient (Wildman–Crippen LogP) is 4.03. The average Bonchev–Trinajstić information content (AvgIpc) is 2.66. The molecule has 1 amide bonds. The summed E-state index contributed by atoms with van der Waals surface area (Å²) >= 11 is 0. The molecule has 1 aliphatic carbocycles. The number of nitrogens with zero attached hydrogens (tertiary/aromatic N) is 1. The normalized spacial score (nSPS) is 21.0. The van der Waals surface area contributed by atoms with Crippen molar-refractivity contribution in [2.24, 2.45) is 5.92 Å². The third-order valence-electron chi connectivity index (χ3n) is 5.90. The van der Waals surface area contributed by atoms with Gasteiger partial charge in [0.15, 0.2) is 11.6 Å². The Bertz CT molecular complexity index is 656. The molecule has 1 atom stereocenters. The Morgan fingerprint density at radius 3 is 2.48 bits per heavy atom. The topological polar surface area (TPSA) is 82.0 Å². The van der Waals surface area contributed by atoms with E-state index in [0.717, 1.165) is 18.9 Å². The van der Waals surface area contributed by atoms with E-state index in [1.54, 1.807) is 5.06 Å². The number of hydrogen-bond acceptors (Lipinski definition) is 5. The van der Waals surface area contributed by atoms with Gasteiger partial charge < -0.3 is 20.4 Å². The molecule has 1 saturated carbocycles. The van der Waals surface area contributed by atoms with Crippen molar-refractivity contribution in [3.8, 4) is 11.5 Å². The third kappa shape index (κ3) is 5.03. The largest absolute Gasteiger partial charge is 0.508 e. The van der Waals surface area contributed by atoms with Crippen LogP contribution in [0, 0.1) is 11.7 Å². The first-order valence-electron chi connectivity index (χ1n) is 9.89. The Balaban J connectivity index is 1.46. The van der Waals surface area contributed by atoms with Gasteiger partial charge in [-0.2, -0.15) is 0 Å². The lowest BCUT2D eigenvalue weighted by atomic mass is 9.85. The summed E-state index contributed by atoms with van der Waals surface area (Å²) in [4.78, 5) is 17.6. The number of hydrogen-bond donors (Lipinski definition) is 3. The molecule has 3 N–H and O–H groups in total. The first kappa shape index (κ1) is 19.7. The highest BCUT2D eigenvalue weighted by Crippen LogP contribution is 2.37. The zero-order chi connectivity index (χ0) is 19.4. The SMILES string of the molecule is C[C@H](NC(=O)ON1CCC(c2cc(F)c(O)cc2O)CC1)C1CCCCC1. The summed E-state index contributed by atoms with van der Waals surface area (Å²) in [5.74, 6) is -0.917. The summed E-state index contributed by atoms with van der Waals surface area (Å²) in [5, 5.41) is 23.8. The number of nitrogens with one attached hydrogen (secondary N) is 1. The number of rotatable bonds is 4. The van der Waals surface area contributed by atoms with E-state index in [9.17, 15) is 19.4 Å². The molecule has 150 valence electrons. The quantitative estimate of drug-likeness (QED) is 0.735. The van der Waals surface area contributed by atoms with Crippen LogP contribution in [-0.4, -0.2) is 40.5 Å². The number of phenols is 2. The molecule has 0 radical (unpaired) electrons. The number of phenolic OH excluding ortho intramolecular Hbond substituents is 2. The van der Waals surface area contributed by atoms with E-state index in [1.807, 2.05) is 6.92 Å². The van der Waals surface area contributed by atoms with Crippen molar-refractivity contribution in [3.63, 3.8) is 0 Å². The Labute approximate surface area is 159 Å². The summed E-state index contributed by atoms with van der Waals surface area (Å²) in [5.41, 5.74) is 0.486. The van der Waals surface area contributed by atoms with E-state index in [-0.39, 0.29) is 17.7 Å². The van der Waals surface area contributed by atoms with Gasteiger partial charge in [0.1, 0.15) is 5.75 Å². The van der Waals surface area contributed by atoms with Crippen molar-refractivity contribution >= 4 is 6.09 Å². The van der Waals surface area contributed by atoms with Gasteiger partial charge in [-0.3, -0.25) is 0 Å². The van der Waals surface area contributed by atoms with Crippen LogP contribution in [0.2, 0.25) is 0 Å². The number of halogens is 1. The third-order valence-corrected chi connectivity index (χ3v) is 5.90. The van der Waals surface area contributed by atoms with Gasteiger partial charge in [0.2, 0.25) is 0 Å². The van der Waals surface area contributed by atoms with Crippen molar-refractivity contribution in [2.45, 2.75) is 63.8 Å². The lowest BCUT2D eigenvalue weighted by molar-refractivity contribution is -0.115. The van der Waals surface area contributed by atoms with Crippen LogP contribution in [0.3, 0.4) is 0 Å². The van der Waals surface area contributed by atoms with Crippen molar-refractivity contribution < 1.29 is 24.2 Å². The molecule has 2 aliphatic rings. The van der Waals surface area contributed by atoms with Gasteiger partial charge in [0, 0.05) is 30.8 Å². The predicted molar refractivity (Wildman–Crippen MR) is 98.9 cm³/mol. The minimum Gasteiger partial charge on any atom is -0.508 e. The van der Waals surface area contributed by atoms with Crippen LogP contribution in [0.1, 0.15) is 63.4 Å². The number of piperidine rings is 1. The molecule has 7 heteroatoms. The summed E-state index contributed by atoms with van der Waals surface area (Å²) < 4.78 is 13.6. The first-order valence-corrected chi connectivity index (χ1v) is 9.89. The number of carbonyl (C=O) groups is 1. The summed E-state index contributed by atoms with van der Waals surface area (Å²) in [6.07, 6.45) is 6.87. The van der Waals surface area contributed by atoms with E-state index in [0.29, 0.717) is 37.4 Å². The fourth-order valence-electron chi connectivity index (χ4n) is 4.23. The Hall–Kier alpha value is -2.02. The molecular formula is C20H29FN2O4. The zero-order valence-electron chi connectivity index (χ0n) is 15.8. The number of amides is 1. The maximum absolute atomic E-state index is 13.6. The van der Waals surface area contributed by atoms with E-state index >= 15 is 0 Å². The molecular weight excluding hydrogens is 351 g/mol. The van der Waals surface area contributed by atoms with Crippen LogP contribution in [0.15, 0.2) is 12.1 Å². The monoisotopic (exact) mass is 380 g/mol. The highest BCUT2D eigenvalue weighted by Gasteiger charge is 2.27. The van der Waals surface area contributed by atoms with E-state index in [4.69, 9.17) is 4.84 Å². The smallest absolute Gasteiger partial charge is 0.426 e. The highest BCUT2D eigenvalue weighted by molar-refractivity contribution is 5.67. The molecule has 0 aromatic heterocycles. The van der Waals surface area contributed by atoms with Crippen molar-refractivity contribution in [2.75, 3.05) is 13.1 Å². The van der Waals surface area contributed by atoms with E-state index in [2.05, 4.69) is 5.32 Å². The van der Waals surface area contributed by atoms with Gasteiger partial charge in [-0.15, -0.1) is 5.06 Å². The first-order chi connectivity index (χ1) is 12.9. The fourth-order valence-corrected chi connectivity index (χ4v) is 4.23. The number of benzene rings is 1. The summed E-state index contributed by atoms with van der Waals surface area (Å²) in [6, 6.07) is 2.32. The second-order valence-electron chi connectivity index (χ2n) is 7.78. The van der Waals surface area contributed by atoms with Crippen LogP contribution in [0.25, 0.3) is 0 Å². The van der Waals surface area contributed by atoms with Crippen LogP contribution in [-0.2, 0) is 4.84 Å². The molecule has 1 heterocycles. The Kier molecular flexibility index (Phi) is 6.42. The molecule has 6 nitrogen and oxygen atoms in total. The second-order valence-corrected chi connectivity index (χ2v) is 7.78. The van der Waals surface area contributed by atoms with Gasteiger partial charge in [0.25, 0.3) is 0 Å². The highest BCUT2D eigenvalue weighted by atomic mass is 19.1. The number of carbonyl (C=O) groups excluding carboxylic acids is 1. The molecule has 1 aromatic carbocycles.